The topological polar surface area (TPSA) is 24.9 Å². The van der Waals surface area contributed by atoms with Gasteiger partial charge in [0.05, 0.1) is 5.02 Å². The van der Waals surface area contributed by atoms with E-state index in [1.165, 1.54) is 0 Å². The Kier molecular flexibility index (Phi) is 5.52. The van der Waals surface area contributed by atoms with Gasteiger partial charge in [0.25, 0.3) is 0 Å². The lowest BCUT2D eigenvalue weighted by atomic mass is 10.00. The zero-order valence-electron chi connectivity index (χ0n) is 11.0. The first kappa shape index (κ1) is 15.4. The summed E-state index contributed by atoms with van der Waals surface area (Å²) >= 11 is 9.24. The number of aromatic nitrogens is 1. The average Bonchev–Trinajstić information content (AvgIpc) is 2.43. The minimum Gasteiger partial charge on any atom is -0.310 e. The van der Waals surface area contributed by atoms with Crippen LogP contribution in [0.25, 0.3) is 0 Å². The summed E-state index contributed by atoms with van der Waals surface area (Å²) in [6, 6.07) is 7.07. The Morgan fingerprint density at radius 3 is 2.90 bits per heavy atom. The van der Waals surface area contributed by atoms with Crippen LogP contribution >= 0.6 is 27.5 Å². The van der Waals surface area contributed by atoms with Gasteiger partial charge < -0.3 is 5.32 Å². The van der Waals surface area contributed by atoms with Crippen LogP contribution in [0.4, 0.5) is 4.39 Å². The van der Waals surface area contributed by atoms with Crippen LogP contribution in [0.3, 0.4) is 0 Å². The highest BCUT2D eigenvalue weighted by atomic mass is 79.9. The van der Waals surface area contributed by atoms with Crippen molar-refractivity contribution in [3.8, 4) is 0 Å². The van der Waals surface area contributed by atoms with Gasteiger partial charge in [-0.25, -0.2) is 4.39 Å². The Bertz CT molecular complexity index is 592. The van der Waals surface area contributed by atoms with E-state index in [-0.39, 0.29) is 16.9 Å². The molecular weight excluding hydrogens is 343 g/mol. The molecule has 0 aliphatic carbocycles. The van der Waals surface area contributed by atoms with Gasteiger partial charge in [0.1, 0.15) is 5.82 Å². The number of nitrogens with one attached hydrogen (secondary N) is 1. The van der Waals surface area contributed by atoms with E-state index in [0.717, 1.165) is 16.6 Å². The number of rotatable bonds is 5. The van der Waals surface area contributed by atoms with Gasteiger partial charge in [0.2, 0.25) is 0 Å². The normalized spacial score (nSPS) is 12.4. The van der Waals surface area contributed by atoms with Gasteiger partial charge in [0, 0.05) is 22.9 Å². The van der Waals surface area contributed by atoms with Gasteiger partial charge in [-0.3, -0.25) is 4.98 Å². The SMILES string of the molecule is CCNC(Cc1cccc(Cl)c1F)c1cncc(Br)c1. The minimum absolute atomic E-state index is 0.00188. The molecule has 0 saturated carbocycles. The first-order chi connectivity index (χ1) is 9.61. The van der Waals surface area contributed by atoms with Gasteiger partial charge in [-0.15, -0.1) is 0 Å². The molecule has 1 N–H and O–H groups in total. The quantitative estimate of drug-likeness (QED) is 0.850. The third kappa shape index (κ3) is 3.78. The number of benzene rings is 1. The van der Waals surface area contributed by atoms with Crippen LogP contribution < -0.4 is 5.32 Å². The van der Waals surface area contributed by atoms with Gasteiger partial charge >= 0.3 is 0 Å². The van der Waals surface area contributed by atoms with Gasteiger partial charge in [-0.2, -0.15) is 0 Å². The van der Waals surface area contributed by atoms with E-state index in [4.69, 9.17) is 11.6 Å². The smallest absolute Gasteiger partial charge is 0.145 e. The molecule has 0 aliphatic rings. The highest BCUT2D eigenvalue weighted by molar-refractivity contribution is 9.10. The Hall–Kier alpha value is -0.970. The maximum absolute atomic E-state index is 14.0. The van der Waals surface area contributed by atoms with Crippen LogP contribution in [0.2, 0.25) is 5.02 Å². The minimum atomic E-state index is -0.347. The van der Waals surface area contributed by atoms with Crippen LogP contribution in [0.5, 0.6) is 0 Å². The van der Waals surface area contributed by atoms with Crippen LogP contribution in [-0.2, 0) is 6.42 Å². The fourth-order valence-electron chi connectivity index (χ4n) is 2.10. The van der Waals surface area contributed by atoms with E-state index < -0.39 is 0 Å². The summed E-state index contributed by atoms with van der Waals surface area (Å²) in [6.45, 7) is 2.81. The lowest BCUT2D eigenvalue weighted by Crippen LogP contribution is -2.23. The zero-order chi connectivity index (χ0) is 14.5. The van der Waals surface area contributed by atoms with Crippen molar-refractivity contribution in [1.29, 1.82) is 0 Å². The Morgan fingerprint density at radius 1 is 1.40 bits per heavy atom. The lowest BCUT2D eigenvalue weighted by Gasteiger charge is -2.19. The van der Waals surface area contributed by atoms with Gasteiger partial charge in [0.15, 0.2) is 0 Å². The molecule has 5 heteroatoms. The molecule has 1 unspecified atom stereocenters. The molecule has 0 bridgehead atoms. The van der Waals surface area contributed by atoms with E-state index in [0.29, 0.717) is 12.0 Å². The second-order valence-corrected chi connectivity index (χ2v) is 5.79. The van der Waals surface area contributed by atoms with Crippen molar-refractivity contribution in [2.24, 2.45) is 0 Å². The van der Waals surface area contributed by atoms with E-state index in [1.54, 1.807) is 30.6 Å². The summed E-state index contributed by atoms with van der Waals surface area (Å²) in [5, 5.41) is 3.51. The molecule has 1 heterocycles. The number of nitrogens with zero attached hydrogens (tertiary/aromatic N) is 1. The summed E-state index contributed by atoms with van der Waals surface area (Å²) in [5.74, 6) is -0.347. The molecule has 0 fully saturated rings. The molecule has 106 valence electrons. The molecule has 1 aromatic carbocycles. The van der Waals surface area contributed by atoms with Crippen molar-refractivity contribution in [3.05, 3.63) is 63.1 Å². The summed E-state index contributed by atoms with van der Waals surface area (Å²) < 4.78 is 14.9. The predicted molar refractivity (Wildman–Crippen MR) is 83.5 cm³/mol. The number of halogens is 3. The van der Waals surface area contributed by atoms with Crippen LogP contribution in [0.1, 0.15) is 24.1 Å². The van der Waals surface area contributed by atoms with E-state index in [9.17, 15) is 4.39 Å². The third-order valence-electron chi connectivity index (χ3n) is 3.03. The van der Waals surface area contributed by atoms with Crippen molar-refractivity contribution in [2.75, 3.05) is 6.54 Å². The number of likely N-dealkylation sites (N-methyl/N-ethyl adjacent to an activating group) is 1. The molecule has 2 aromatic rings. The van der Waals surface area contributed by atoms with Crippen molar-refractivity contribution >= 4 is 27.5 Å². The molecule has 0 radical (unpaired) electrons. The van der Waals surface area contributed by atoms with E-state index in [2.05, 4.69) is 26.2 Å². The standard InChI is InChI=1S/C15H15BrClFN2/c1-2-20-14(11-6-12(16)9-19-8-11)7-10-4-3-5-13(17)15(10)18/h3-6,8-9,14,20H,2,7H2,1H3. The first-order valence-electron chi connectivity index (χ1n) is 6.38. The third-order valence-corrected chi connectivity index (χ3v) is 3.76. The second-order valence-electron chi connectivity index (χ2n) is 4.46. The van der Waals surface area contributed by atoms with Crippen molar-refractivity contribution in [3.63, 3.8) is 0 Å². The number of hydrogen-bond donors (Lipinski definition) is 1. The lowest BCUT2D eigenvalue weighted by molar-refractivity contribution is 0.526. The molecule has 2 nitrogen and oxygen atoms in total. The molecule has 1 aromatic heterocycles. The second kappa shape index (κ2) is 7.16. The number of pyridine rings is 1. The molecule has 2 rings (SSSR count). The maximum atomic E-state index is 14.0. The summed E-state index contributed by atoms with van der Waals surface area (Å²) in [6.07, 6.45) is 4.05. The van der Waals surface area contributed by atoms with Crippen molar-refractivity contribution in [1.82, 2.24) is 10.3 Å². The maximum Gasteiger partial charge on any atom is 0.145 e. The number of hydrogen-bond acceptors (Lipinski definition) is 2. The average molecular weight is 358 g/mol. The fraction of sp³-hybridized carbons (Fsp3) is 0.267. The predicted octanol–water partition coefficient (Wildman–Crippen LogP) is 4.53. The fourth-order valence-corrected chi connectivity index (χ4v) is 2.68. The van der Waals surface area contributed by atoms with Crippen LogP contribution in [0, 0.1) is 5.82 Å². The Balaban J connectivity index is 2.28. The molecule has 0 saturated heterocycles. The van der Waals surface area contributed by atoms with Gasteiger partial charge in [-0.05, 0) is 52.2 Å². The zero-order valence-corrected chi connectivity index (χ0v) is 13.4. The summed E-state index contributed by atoms with van der Waals surface area (Å²) in [4.78, 5) is 4.16. The first-order valence-corrected chi connectivity index (χ1v) is 7.55. The summed E-state index contributed by atoms with van der Waals surface area (Å²) in [5.41, 5.74) is 1.61. The monoisotopic (exact) mass is 356 g/mol. The van der Waals surface area contributed by atoms with E-state index >= 15 is 0 Å². The van der Waals surface area contributed by atoms with Crippen molar-refractivity contribution in [2.45, 2.75) is 19.4 Å². The van der Waals surface area contributed by atoms with Crippen LogP contribution in [-0.4, -0.2) is 11.5 Å². The highest BCUT2D eigenvalue weighted by Gasteiger charge is 2.15. The molecule has 0 amide bonds. The van der Waals surface area contributed by atoms with Gasteiger partial charge in [-0.1, -0.05) is 30.7 Å². The molecule has 1 atom stereocenters. The van der Waals surface area contributed by atoms with Crippen LogP contribution in [0.15, 0.2) is 41.1 Å². The van der Waals surface area contributed by atoms with Crippen molar-refractivity contribution < 1.29 is 4.39 Å². The molecule has 0 aliphatic heterocycles. The largest absolute Gasteiger partial charge is 0.310 e. The Labute approximate surface area is 131 Å². The Morgan fingerprint density at radius 2 is 2.20 bits per heavy atom. The molecule has 0 spiro atoms. The highest BCUT2D eigenvalue weighted by Crippen LogP contribution is 2.25. The van der Waals surface area contributed by atoms with E-state index in [1.807, 2.05) is 13.0 Å². The molecular formula is C15H15BrClFN2. The summed E-state index contributed by atoms with van der Waals surface area (Å²) in [7, 11) is 0. The molecule has 20 heavy (non-hydrogen) atoms.